The average Bonchev–Trinajstić information content (AvgIpc) is 2.52. The van der Waals surface area contributed by atoms with Crippen LogP contribution in [0.1, 0.15) is 46.0 Å². The van der Waals surface area contributed by atoms with Crippen LogP contribution >= 0.6 is 0 Å². The molecule has 0 aromatic rings. The van der Waals surface area contributed by atoms with Gasteiger partial charge in [-0.2, -0.15) is 0 Å². The second-order valence-electron chi connectivity index (χ2n) is 4.63. The number of hydrogen-bond donors (Lipinski definition) is 1. The fraction of sp³-hybridized carbons (Fsp3) is 0.846. The number of rotatable bonds is 4. The molecule has 1 aliphatic rings. The lowest BCUT2D eigenvalue weighted by Gasteiger charge is -2.28. The van der Waals surface area contributed by atoms with E-state index in [0.29, 0.717) is 19.3 Å². The minimum Gasteiger partial charge on any atom is -0.465 e. The molecule has 1 saturated carbocycles. The summed E-state index contributed by atoms with van der Waals surface area (Å²) in [5.74, 6) is -1.13. The summed E-state index contributed by atoms with van der Waals surface area (Å²) in [4.78, 5) is 24.2. The summed E-state index contributed by atoms with van der Waals surface area (Å²) in [6.45, 7) is 3.83. The van der Waals surface area contributed by atoms with Crippen LogP contribution in [-0.4, -0.2) is 36.4 Å². The van der Waals surface area contributed by atoms with Crippen LogP contribution in [0.2, 0.25) is 0 Å². The van der Waals surface area contributed by atoms with E-state index < -0.39 is 23.5 Å². The van der Waals surface area contributed by atoms with Gasteiger partial charge < -0.3 is 14.6 Å². The minimum atomic E-state index is -1.32. The van der Waals surface area contributed by atoms with Gasteiger partial charge >= 0.3 is 11.9 Å². The van der Waals surface area contributed by atoms with E-state index in [-0.39, 0.29) is 19.6 Å². The van der Waals surface area contributed by atoms with Crippen LogP contribution < -0.4 is 0 Å². The molecule has 0 saturated heterocycles. The quantitative estimate of drug-likeness (QED) is 0.469. The number of carbonyl (C=O) groups excluding carboxylic acids is 2. The molecule has 0 heterocycles. The third-order valence-electron chi connectivity index (χ3n) is 3.31. The molecule has 1 rings (SSSR count). The molecule has 0 aromatic heterocycles. The molecule has 0 radical (unpaired) electrons. The van der Waals surface area contributed by atoms with Crippen molar-refractivity contribution in [3.8, 4) is 0 Å². The molecular formula is C13H22O5. The predicted octanol–water partition coefficient (Wildman–Crippen LogP) is 1.42. The lowest BCUT2D eigenvalue weighted by molar-refractivity contribution is -0.175. The highest BCUT2D eigenvalue weighted by Gasteiger charge is 2.50. The van der Waals surface area contributed by atoms with Crippen molar-refractivity contribution in [1.29, 1.82) is 0 Å². The molecule has 5 nitrogen and oxygen atoms in total. The van der Waals surface area contributed by atoms with Gasteiger partial charge in [0.15, 0.2) is 5.41 Å². The maximum absolute atomic E-state index is 12.1. The van der Waals surface area contributed by atoms with Crippen LogP contribution in [0.25, 0.3) is 0 Å². The van der Waals surface area contributed by atoms with Gasteiger partial charge in [0, 0.05) is 6.42 Å². The zero-order valence-electron chi connectivity index (χ0n) is 11.1. The summed E-state index contributed by atoms with van der Waals surface area (Å²) in [5.41, 5.74) is -1.32. The largest absolute Gasteiger partial charge is 0.465 e. The van der Waals surface area contributed by atoms with Gasteiger partial charge in [0.25, 0.3) is 0 Å². The molecule has 0 spiro atoms. The molecule has 1 aliphatic carbocycles. The number of aliphatic hydroxyl groups is 1. The van der Waals surface area contributed by atoms with Crippen molar-refractivity contribution in [1.82, 2.24) is 0 Å². The van der Waals surface area contributed by atoms with Crippen molar-refractivity contribution in [2.45, 2.75) is 52.1 Å². The Hall–Kier alpha value is -1.10. The smallest absolute Gasteiger partial charge is 0.323 e. The van der Waals surface area contributed by atoms with Gasteiger partial charge in [-0.05, 0) is 26.7 Å². The average molecular weight is 258 g/mol. The van der Waals surface area contributed by atoms with E-state index in [1.54, 1.807) is 13.8 Å². The molecule has 104 valence electrons. The Balaban J connectivity index is 2.97. The molecule has 1 unspecified atom stereocenters. The molecule has 0 amide bonds. The highest BCUT2D eigenvalue weighted by atomic mass is 16.6. The molecule has 0 bridgehead atoms. The van der Waals surface area contributed by atoms with E-state index in [2.05, 4.69) is 0 Å². The molecule has 1 fully saturated rings. The van der Waals surface area contributed by atoms with E-state index >= 15 is 0 Å². The van der Waals surface area contributed by atoms with Gasteiger partial charge in [-0.1, -0.05) is 12.8 Å². The lowest BCUT2D eigenvalue weighted by Crippen LogP contribution is -2.43. The molecule has 1 N–H and O–H groups in total. The Labute approximate surface area is 107 Å². The fourth-order valence-electron chi connectivity index (χ4n) is 2.41. The van der Waals surface area contributed by atoms with Gasteiger partial charge in [-0.3, -0.25) is 9.59 Å². The second-order valence-corrected chi connectivity index (χ2v) is 4.63. The summed E-state index contributed by atoms with van der Waals surface area (Å²) < 4.78 is 10.0. The highest BCUT2D eigenvalue weighted by Crippen LogP contribution is 2.37. The van der Waals surface area contributed by atoms with Crippen molar-refractivity contribution in [2.75, 3.05) is 13.2 Å². The maximum Gasteiger partial charge on any atom is 0.323 e. The molecule has 0 aliphatic heterocycles. The molecule has 5 heteroatoms. The van der Waals surface area contributed by atoms with E-state index in [9.17, 15) is 14.7 Å². The Bertz CT molecular complexity index is 282. The first-order valence-electron chi connectivity index (χ1n) is 6.59. The summed E-state index contributed by atoms with van der Waals surface area (Å²) >= 11 is 0. The molecular weight excluding hydrogens is 236 g/mol. The van der Waals surface area contributed by atoms with Crippen molar-refractivity contribution in [3.63, 3.8) is 0 Å². The van der Waals surface area contributed by atoms with E-state index in [1.807, 2.05) is 0 Å². The minimum absolute atomic E-state index is 0.102. The highest BCUT2D eigenvalue weighted by molar-refractivity contribution is 6.00. The fourth-order valence-corrected chi connectivity index (χ4v) is 2.41. The Morgan fingerprint density at radius 3 is 2.22 bits per heavy atom. The van der Waals surface area contributed by atoms with Crippen LogP contribution in [0.5, 0.6) is 0 Å². The van der Waals surface area contributed by atoms with Crippen molar-refractivity contribution in [3.05, 3.63) is 0 Å². The van der Waals surface area contributed by atoms with Gasteiger partial charge in [0.1, 0.15) is 0 Å². The third kappa shape index (κ3) is 3.22. The first-order valence-corrected chi connectivity index (χ1v) is 6.59. The maximum atomic E-state index is 12.1. The first-order chi connectivity index (χ1) is 8.56. The van der Waals surface area contributed by atoms with Crippen LogP contribution in [0.15, 0.2) is 0 Å². The number of aliphatic hydroxyl groups excluding tert-OH is 1. The Morgan fingerprint density at radius 1 is 1.17 bits per heavy atom. The van der Waals surface area contributed by atoms with Gasteiger partial charge in [0.2, 0.25) is 0 Å². The molecule has 18 heavy (non-hydrogen) atoms. The van der Waals surface area contributed by atoms with Gasteiger partial charge in [0.05, 0.1) is 19.3 Å². The van der Waals surface area contributed by atoms with Crippen molar-refractivity contribution in [2.24, 2.45) is 5.41 Å². The Kier molecular flexibility index (Phi) is 5.59. The number of hydrogen-bond acceptors (Lipinski definition) is 5. The monoisotopic (exact) mass is 258 g/mol. The van der Waals surface area contributed by atoms with Crippen LogP contribution in [0, 0.1) is 5.41 Å². The normalized spacial score (nSPS) is 22.9. The van der Waals surface area contributed by atoms with E-state index in [1.165, 1.54) is 0 Å². The third-order valence-corrected chi connectivity index (χ3v) is 3.31. The Morgan fingerprint density at radius 2 is 1.72 bits per heavy atom. The molecule has 1 atom stereocenters. The lowest BCUT2D eigenvalue weighted by atomic mass is 9.79. The zero-order valence-corrected chi connectivity index (χ0v) is 11.1. The van der Waals surface area contributed by atoms with E-state index in [0.717, 1.165) is 6.42 Å². The first kappa shape index (κ1) is 15.0. The van der Waals surface area contributed by atoms with Crippen LogP contribution in [-0.2, 0) is 19.1 Å². The standard InChI is InChI=1S/C13H22O5/c1-3-17-11(15)13(12(16)18-4-2)8-6-5-7-10(14)9-13/h10,14H,3-9H2,1-2H3. The van der Waals surface area contributed by atoms with Gasteiger partial charge in [-0.25, -0.2) is 0 Å². The summed E-state index contributed by atoms with van der Waals surface area (Å²) in [6.07, 6.45) is 1.98. The topological polar surface area (TPSA) is 72.8 Å². The second kappa shape index (κ2) is 6.73. The molecule has 0 aromatic carbocycles. The van der Waals surface area contributed by atoms with Crippen molar-refractivity contribution < 1.29 is 24.2 Å². The summed E-state index contributed by atoms with van der Waals surface area (Å²) in [5, 5.41) is 9.84. The summed E-state index contributed by atoms with van der Waals surface area (Å²) in [6, 6.07) is 0. The summed E-state index contributed by atoms with van der Waals surface area (Å²) in [7, 11) is 0. The number of esters is 2. The zero-order chi connectivity index (χ0) is 13.6. The van der Waals surface area contributed by atoms with Crippen LogP contribution in [0.3, 0.4) is 0 Å². The number of ether oxygens (including phenoxy) is 2. The van der Waals surface area contributed by atoms with Gasteiger partial charge in [-0.15, -0.1) is 0 Å². The van der Waals surface area contributed by atoms with E-state index in [4.69, 9.17) is 9.47 Å². The number of carbonyl (C=O) groups is 2. The van der Waals surface area contributed by atoms with Crippen LogP contribution in [0.4, 0.5) is 0 Å². The van der Waals surface area contributed by atoms with Crippen molar-refractivity contribution >= 4 is 11.9 Å². The SMILES string of the molecule is CCOC(=O)C1(C(=O)OCC)CCCCC(O)C1. The predicted molar refractivity (Wildman–Crippen MR) is 64.8 cm³/mol.